The van der Waals surface area contributed by atoms with Crippen molar-refractivity contribution in [3.63, 3.8) is 0 Å². The van der Waals surface area contributed by atoms with Crippen LogP contribution in [0.15, 0.2) is 18.2 Å². The number of benzene rings is 1. The third-order valence-electron chi connectivity index (χ3n) is 3.10. The van der Waals surface area contributed by atoms with Gasteiger partial charge in [0.1, 0.15) is 5.82 Å². The molecule has 92 valence electrons. The predicted octanol–water partition coefficient (Wildman–Crippen LogP) is 2.42. The van der Waals surface area contributed by atoms with E-state index in [0.717, 1.165) is 13.0 Å². The van der Waals surface area contributed by atoms with Gasteiger partial charge in [0.15, 0.2) is 0 Å². The first-order chi connectivity index (χ1) is 8.01. The number of rotatable bonds is 2. The van der Waals surface area contributed by atoms with Crippen molar-refractivity contribution in [2.75, 3.05) is 18.4 Å². The van der Waals surface area contributed by atoms with E-state index in [0.29, 0.717) is 12.2 Å². The van der Waals surface area contributed by atoms with Gasteiger partial charge in [0.05, 0.1) is 16.1 Å². The Morgan fingerprint density at radius 2 is 2.35 bits per heavy atom. The van der Waals surface area contributed by atoms with Crippen LogP contribution in [0.4, 0.5) is 10.1 Å². The van der Waals surface area contributed by atoms with E-state index in [1.807, 2.05) is 6.92 Å². The molecule has 1 aliphatic heterocycles. The van der Waals surface area contributed by atoms with Crippen LogP contribution in [-0.4, -0.2) is 19.0 Å². The highest BCUT2D eigenvalue weighted by atomic mass is 35.5. The lowest BCUT2D eigenvalue weighted by Crippen LogP contribution is -2.35. The Hall–Kier alpha value is -1.13. The Labute approximate surface area is 104 Å². The third-order valence-corrected chi connectivity index (χ3v) is 3.41. The summed E-state index contributed by atoms with van der Waals surface area (Å²) < 4.78 is 12.9. The number of nitrogens with one attached hydrogen (secondary N) is 2. The Balaban J connectivity index is 2.13. The van der Waals surface area contributed by atoms with Crippen LogP contribution < -0.4 is 10.6 Å². The average molecular weight is 257 g/mol. The molecule has 0 aliphatic carbocycles. The zero-order valence-corrected chi connectivity index (χ0v) is 10.3. The lowest BCUT2D eigenvalue weighted by atomic mass is 9.89. The van der Waals surface area contributed by atoms with E-state index < -0.39 is 11.2 Å². The van der Waals surface area contributed by atoms with Crippen molar-refractivity contribution in [3.8, 4) is 0 Å². The summed E-state index contributed by atoms with van der Waals surface area (Å²) in [5.74, 6) is -0.502. The molecule has 1 aromatic carbocycles. The molecule has 1 fully saturated rings. The van der Waals surface area contributed by atoms with Gasteiger partial charge in [-0.2, -0.15) is 0 Å². The first-order valence-corrected chi connectivity index (χ1v) is 5.86. The largest absolute Gasteiger partial charge is 0.324 e. The number of amides is 1. The van der Waals surface area contributed by atoms with Crippen molar-refractivity contribution in [2.45, 2.75) is 13.3 Å². The first kappa shape index (κ1) is 12.3. The van der Waals surface area contributed by atoms with Gasteiger partial charge in [-0.3, -0.25) is 4.79 Å². The van der Waals surface area contributed by atoms with Gasteiger partial charge >= 0.3 is 0 Å². The molecule has 1 heterocycles. The minimum atomic E-state index is -0.419. The van der Waals surface area contributed by atoms with Gasteiger partial charge in [-0.15, -0.1) is 0 Å². The van der Waals surface area contributed by atoms with Crippen LogP contribution in [0.5, 0.6) is 0 Å². The second kappa shape index (κ2) is 4.63. The standard InChI is InChI=1S/C12H14ClFN2O/c1-12(4-5-15-7-12)11(17)16-10-3-2-8(14)6-9(10)13/h2-3,6,15H,4-5,7H2,1H3,(H,16,17). The van der Waals surface area contributed by atoms with E-state index in [1.165, 1.54) is 18.2 Å². The number of anilines is 1. The predicted molar refractivity (Wildman–Crippen MR) is 65.6 cm³/mol. The van der Waals surface area contributed by atoms with Gasteiger partial charge in [0, 0.05) is 6.54 Å². The van der Waals surface area contributed by atoms with Gasteiger partial charge < -0.3 is 10.6 Å². The summed E-state index contributed by atoms with van der Waals surface area (Å²) in [7, 11) is 0. The van der Waals surface area contributed by atoms with Gasteiger partial charge in [0.25, 0.3) is 0 Å². The summed E-state index contributed by atoms with van der Waals surface area (Å²) in [5, 5.41) is 6.11. The van der Waals surface area contributed by atoms with E-state index >= 15 is 0 Å². The molecule has 1 amide bonds. The van der Waals surface area contributed by atoms with Crippen molar-refractivity contribution in [1.82, 2.24) is 5.32 Å². The Morgan fingerprint density at radius 1 is 1.59 bits per heavy atom. The van der Waals surface area contributed by atoms with Crippen LogP contribution in [0.1, 0.15) is 13.3 Å². The van der Waals surface area contributed by atoms with Crippen LogP contribution in [0, 0.1) is 11.2 Å². The number of halogens is 2. The van der Waals surface area contributed by atoms with Gasteiger partial charge in [-0.1, -0.05) is 11.6 Å². The minimum Gasteiger partial charge on any atom is -0.324 e. The normalized spacial score (nSPS) is 23.7. The van der Waals surface area contributed by atoms with Gasteiger partial charge in [-0.05, 0) is 38.1 Å². The van der Waals surface area contributed by atoms with E-state index in [4.69, 9.17) is 11.6 Å². The van der Waals surface area contributed by atoms with Crippen LogP contribution in [0.3, 0.4) is 0 Å². The number of hydrogen-bond donors (Lipinski definition) is 2. The summed E-state index contributed by atoms with van der Waals surface area (Å²) in [6.07, 6.45) is 0.789. The maximum atomic E-state index is 12.9. The van der Waals surface area contributed by atoms with E-state index in [9.17, 15) is 9.18 Å². The molecular weight excluding hydrogens is 243 g/mol. The lowest BCUT2D eigenvalue weighted by Gasteiger charge is -2.21. The van der Waals surface area contributed by atoms with Crippen molar-refractivity contribution >= 4 is 23.2 Å². The molecule has 17 heavy (non-hydrogen) atoms. The highest BCUT2D eigenvalue weighted by Gasteiger charge is 2.36. The summed E-state index contributed by atoms with van der Waals surface area (Å²) in [4.78, 5) is 12.1. The zero-order chi connectivity index (χ0) is 12.5. The smallest absolute Gasteiger partial charge is 0.231 e. The molecular formula is C12H14ClFN2O. The van der Waals surface area contributed by atoms with Crippen LogP contribution in [0.2, 0.25) is 5.02 Å². The maximum absolute atomic E-state index is 12.9. The van der Waals surface area contributed by atoms with Gasteiger partial charge in [0.2, 0.25) is 5.91 Å². The number of carbonyl (C=O) groups is 1. The first-order valence-electron chi connectivity index (χ1n) is 5.48. The molecule has 1 atom stereocenters. The molecule has 3 nitrogen and oxygen atoms in total. The molecule has 2 rings (SSSR count). The zero-order valence-electron chi connectivity index (χ0n) is 9.52. The average Bonchev–Trinajstić information content (AvgIpc) is 2.71. The molecule has 0 bridgehead atoms. The lowest BCUT2D eigenvalue weighted by molar-refractivity contribution is -0.123. The molecule has 5 heteroatoms. The van der Waals surface area contributed by atoms with E-state index in [1.54, 1.807) is 0 Å². The maximum Gasteiger partial charge on any atom is 0.231 e. The summed E-state index contributed by atoms with van der Waals surface area (Å²) in [6, 6.07) is 3.93. The fourth-order valence-electron chi connectivity index (χ4n) is 1.87. The topological polar surface area (TPSA) is 41.1 Å². The molecule has 1 aliphatic rings. The molecule has 0 spiro atoms. The Kier molecular flexibility index (Phi) is 3.35. The Bertz CT molecular complexity index is 444. The second-order valence-electron chi connectivity index (χ2n) is 4.57. The third kappa shape index (κ3) is 2.58. The van der Waals surface area contributed by atoms with Crippen LogP contribution in [0.25, 0.3) is 0 Å². The van der Waals surface area contributed by atoms with Crippen LogP contribution in [-0.2, 0) is 4.79 Å². The van der Waals surface area contributed by atoms with E-state index in [-0.39, 0.29) is 10.9 Å². The second-order valence-corrected chi connectivity index (χ2v) is 4.97. The SMILES string of the molecule is CC1(C(=O)Nc2ccc(F)cc2Cl)CCNC1. The molecule has 1 saturated heterocycles. The quantitative estimate of drug-likeness (QED) is 0.853. The highest BCUT2D eigenvalue weighted by Crippen LogP contribution is 2.29. The van der Waals surface area contributed by atoms with Gasteiger partial charge in [-0.25, -0.2) is 4.39 Å². The summed E-state index contributed by atoms with van der Waals surface area (Å²) in [5.41, 5.74) is 0.0312. The monoisotopic (exact) mass is 256 g/mol. The number of carbonyl (C=O) groups excluding carboxylic acids is 1. The number of hydrogen-bond acceptors (Lipinski definition) is 2. The molecule has 1 aromatic rings. The molecule has 0 radical (unpaired) electrons. The summed E-state index contributed by atoms with van der Waals surface area (Å²) in [6.45, 7) is 3.39. The van der Waals surface area contributed by atoms with Crippen molar-refractivity contribution in [3.05, 3.63) is 29.0 Å². The molecule has 1 unspecified atom stereocenters. The summed E-state index contributed by atoms with van der Waals surface area (Å²) >= 11 is 5.86. The molecule has 2 N–H and O–H groups in total. The van der Waals surface area contributed by atoms with Crippen molar-refractivity contribution < 1.29 is 9.18 Å². The molecule has 0 aromatic heterocycles. The Morgan fingerprint density at radius 3 is 2.94 bits per heavy atom. The van der Waals surface area contributed by atoms with E-state index in [2.05, 4.69) is 10.6 Å². The molecule has 0 saturated carbocycles. The minimum absolute atomic E-state index is 0.0870. The fourth-order valence-corrected chi connectivity index (χ4v) is 2.09. The highest BCUT2D eigenvalue weighted by molar-refractivity contribution is 6.33. The van der Waals surface area contributed by atoms with Crippen LogP contribution >= 0.6 is 11.6 Å². The fraction of sp³-hybridized carbons (Fsp3) is 0.417. The van der Waals surface area contributed by atoms with Crippen molar-refractivity contribution in [2.24, 2.45) is 5.41 Å². The van der Waals surface area contributed by atoms with Crippen molar-refractivity contribution in [1.29, 1.82) is 0 Å².